The van der Waals surface area contributed by atoms with E-state index in [4.69, 9.17) is 4.74 Å². The Morgan fingerprint density at radius 2 is 1.71 bits per heavy atom. The van der Waals surface area contributed by atoms with Crippen LogP contribution in [0.5, 0.6) is 5.75 Å². The first-order valence-electron chi connectivity index (χ1n) is 12.5. The predicted octanol–water partition coefficient (Wildman–Crippen LogP) is 4.04. The fourth-order valence-corrected chi connectivity index (χ4v) is 5.06. The van der Waals surface area contributed by atoms with Gasteiger partial charge in [-0.05, 0) is 55.7 Å². The van der Waals surface area contributed by atoms with Crippen LogP contribution in [0.15, 0.2) is 48.8 Å². The topological polar surface area (TPSA) is 67.7 Å². The van der Waals surface area contributed by atoms with Gasteiger partial charge in [0.1, 0.15) is 17.7 Å². The Bertz CT molecular complexity index is 1200. The molecule has 2 aliphatic heterocycles. The first-order valence-corrected chi connectivity index (χ1v) is 12.5. The van der Waals surface area contributed by atoms with Gasteiger partial charge in [0.25, 0.3) is 5.91 Å². The molecule has 1 aromatic carbocycles. The summed E-state index contributed by atoms with van der Waals surface area (Å²) in [6.45, 7) is 3.27. The minimum absolute atomic E-state index is 0.110. The number of amides is 2. The number of piperidine rings is 1. The minimum Gasteiger partial charge on any atom is -0.489 e. The molecule has 2 amide bonds. The maximum atomic E-state index is 12.5. The SMILES string of the molecule is O=C(c1ccc2c(ccn2-c2ccc(OC3CCN(C(=O)C4CCC4)CC3)cn2)c1)N1CCC1. The maximum Gasteiger partial charge on any atom is 0.253 e. The highest BCUT2D eigenvalue weighted by atomic mass is 16.5. The molecule has 3 fully saturated rings. The number of nitrogens with zero attached hydrogens (tertiary/aromatic N) is 4. The van der Waals surface area contributed by atoms with Gasteiger partial charge >= 0.3 is 0 Å². The van der Waals surface area contributed by atoms with Gasteiger partial charge in [0.15, 0.2) is 0 Å². The summed E-state index contributed by atoms with van der Waals surface area (Å²) in [5, 5.41) is 1.02. The van der Waals surface area contributed by atoms with Gasteiger partial charge in [-0.25, -0.2) is 4.98 Å². The highest BCUT2D eigenvalue weighted by Crippen LogP contribution is 2.30. The molecule has 0 radical (unpaired) electrons. The lowest BCUT2D eigenvalue weighted by Gasteiger charge is -2.36. The van der Waals surface area contributed by atoms with Gasteiger partial charge < -0.3 is 19.1 Å². The van der Waals surface area contributed by atoms with Crippen molar-refractivity contribution in [3.05, 3.63) is 54.4 Å². The Morgan fingerprint density at radius 3 is 2.35 bits per heavy atom. The van der Waals surface area contributed by atoms with Gasteiger partial charge in [-0.15, -0.1) is 0 Å². The molecule has 7 heteroatoms. The Hall–Kier alpha value is -3.35. The molecule has 0 unspecified atom stereocenters. The van der Waals surface area contributed by atoms with E-state index in [1.165, 1.54) is 6.42 Å². The van der Waals surface area contributed by atoms with E-state index in [1.54, 1.807) is 6.20 Å². The van der Waals surface area contributed by atoms with Crippen molar-refractivity contribution in [3.63, 3.8) is 0 Å². The van der Waals surface area contributed by atoms with Crippen molar-refractivity contribution >= 4 is 22.7 Å². The van der Waals surface area contributed by atoms with Crippen molar-refractivity contribution in [1.29, 1.82) is 0 Å². The number of fused-ring (bicyclic) bond motifs is 1. The normalized spacial score (nSPS) is 19.1. The zero-order valence-electron chi connectivity index (χ0n) is 19.4. The van der Waals surface area contributed by atoms with Crippen molar-refractivity contribution in [3.8, 4) is 11.6 Å². The summed E-state index contributed by atoms with van der Waals surface area (Å²) in [7, 11) is 0. The molecule has 0 atom stereocenters. The summed E-state index contributed by atoms with van der Waals surface area (Å²) in [4.78, 5) is 33.5. The second kappa shape index (κ2) is 8.78. The predicted molar refractivity (Wildman–Crippen MR) is 129 cm³/mol. The number of benzene rings is 1. The molecule has 176 valence electrons. The molecule has 3 aliphatic rings. The second-order valence-corrected chi connectivity index (χ2v) is 9.73. The van der Waals surface area contributed by atoms with E-state index in [0.29, 0.717) is 5.91 Å². The van der Waals surface area contributed by atoms with E-state index in [2.05, 4.69) is 4.98 Å². The first-order chi connectivity index (χ1) is 16.7. The zero-order valence-corrected chi connectivity index (χ0v) is 19.4. The van der Waals surface area contributed by atoms with Gasteiger partial charge in [-0.2, -0.15) is 0 Å². The number of pyridine rings is 1. The molecule has 0 N–H and O–H groups in total. The number of ether oxygens (including phenoxy) is 1. The smallest absolute Gasteiger partial charge is 0.253 e. The highest BCUT2D eigenvalue weighted by molar-refractivity contribution is 5.98. The van der Waals surface area contributed by atoms with E-state index in [1.807, 2.05) is 57.0 Å². The van der Waals surface area contributed by atoms with E-state index in [9.17, 15) is 9.59 Å². The maximum absolute atomic E-state index is 12.5. The molecule has 0 bridgehead atoms. The van der Waals surface area contributed by atoms with E-state index in [0.717, 1.165) is 86.3 Å². The van der Waals surface area contributed by atoms with Crippen molar-refractivity contribution < 1.29 is 14.3 Å². The van der Waals surface area contributed by atoms with Crippen molar-refractivity contribution in [2.75, 3.05) is 26.2 Å². The third-order valence-electron chi connectivity index (χ3n) is 7.56. The monoisotopic (exact) mass is 458 g/mol. The second-order valence-electron chi connectivity index (χ2n) is 9.73. The number of hydrogen-bond donors (Lipinski definition) is 0. The van der Waals surface area contributed by atoms with E-state index < -0.39 is 0 Å². The fraction of sp³-hybridized carbons (Fsp3) is 0.444. The Labute approximate surface area is 199 Å². The van der Waals surface area contributed by atoms with Gasteiger partial charge in [0.05, 0.1) is 11.7 Å². The lowest BCUT2D eigenvalue weighted by atomic mass is 9.84. The molecule has 34 heavy (non-hydrogen) atoms. The third-order valence-corrected chi connectivity index (χ3v) is 7.56. The van der Waals surface area contributed by atoms with Crippen LogP contribution in [-0.2, 0) is 4.79 Å². The van der Waals surface area contributed by atoms with Crippen LogP contribution in [0.25, 0.3) is 16.7 Å². The summed E-state index contributed by atoms with van der Waals surface area (Å²) in [5.74, 6) is 2.29. The summed E-state index contributed by atoms with van der Waals surface area (Å²) in [6.07, 6.45) is 10.0. The lowest BCUT2D eigenvalue weighted by molar-refractivity contribution is -0.140. The number of rotatable bonds is 5. The molecule has 7 nitrogen and oxygen atoms in total. The quantitative estimate of drug-likeness (QED) is 0.579. The molecule has 0 spiro atoms. The molecule has 3 aromatic rings. The molecule has 6 rings (SSSR count). The van der Waals surface area contributed by atoms with Crippen molar-refractivity contribution in [1.82, 2.24) is 19.4 Å². The number of hydrogen-bond acceptors (Lipinski definition) is 4. The number of carbonyl (C=O) groups excluding carboxylic acids is 2. The van der Waals surface area contributed by atoms with Crippen molar-refractivity contribution in [2.45, 2.75) is 44.6 Å². The summed E-state index contributed by atoms with van der Waals surface area (Å²) >= 11 is 0. The molecule has 4 heterocycles. The van der Waals surface area contributed by atoms with Gasteiger partial charge in [-0.3, -0.25) is 9.59 Å². The molecular weight excluding hydrogens is 428 g/mol. The van der Waals surface area contributed by atoms with Crippen LogP contribution in [0.2, 0.25) is 0 Å². The van der Waals surface area contributed by atoms with Crippen LogP contribution >= 0.6 is 0 Å². The van der Waals surface area contributed by atoms with Crippen LogP contribution in [0, 0.1) is 5.92 Å². The van der Waals surface area contributed by atoms with Crippen LogP contribution in [0.4, 0.5) is 0 Å². The van der Waals surface area contributed by atoms with Crippen molar-refractivity contribution in [2.24, 2.45) is 5.92 Å². The molecule has 1 aliphatic carbocycles. The Balaban J connectivity index is 1.09. The molecule has 1 saturated carbocycles. The van der Waals surface area contributed by atoms with Gasteiger partial charge in [-0.1, -0.05) is 6.42 Å². The summed E-state index contributed by atoms with van der Waals surface area (Å²) in [6, 6.07) is 11.8. The molecule has 2 aromatic heterocycles. The standard InChI is InChI=1S/C27H30N4O3/c32-26(19-3-1-4-19)30-14-10-22(11-15-30)34-23-6-8-25(28-18-23)31-16-9-20-17-21(5-7-24(20)31)27(33)29-12-2-13-29/h5-9,16-19,22H,1-4,10-15H2. The first kappa shape index (κ1) is 21.2. The fourth-order valence-electron chi connectivity index (χ4n) is 5.06. The summed E-state index contributed by atoms with van der Waals surface area (Å²) < 4.78 is 8.20. The van der Waals surface area contributed by atoms with Crippen LogP contribution in [0.1, 0.15) is 48.9 Å². The minimum atomic E-state index is 0.110. The van der Waals surface area contributed by atoms with Gasteiger partial charge in [0.2, 0.25) is 5.91 Å². The third kappa shape index (κ3) is 3.93. The Morgan fingerprint density at radius 1 is 0.882 bits per heavy atom. The highest BCUT2D eigenvalue weighted by Gasteiger charge is 2.32. The van der Waals surface area contributed by atoms with Crippen LogP contribution in [-0.4, -0.2) is 63.4 Å². The number of carbonyl (C=O) groups is 2. The Kier molecular flexibility index (Phi) is 5.47. The van der Waals surface area contributed by atoms with E-state index >= 15 is 0 Å². The van der Waals surface area contributed by atoms with Crippen LogP contribution in [0.3, 0.4) is 0 Å². The lowest BCUT2D eigenvalue weighted by Crippen LogP contribution is -2.45. The average molecular weight is 459 g/mol. The number of likely N-dealkylation sites (tertiary alicyclic amines) is 2. The summed E-state index contributed by atoms with van der Waals surface area (Å²) in [5.41, 5.74) is 1.76. The van der Waals surface area contributed by atoms with E-state index in [-0.39, 0.29) is 17.9 Å². The van der Waals surface area contributed by atoms with Gasteiger partial charge in [0, 0.05) is 62.1 Å². The zero-order chi connectivity index (χ0) is 23.1. The molecular formula is C27H30N4O3. The number of aromatic nitrogens is 2. The largest absolute Gasteiger partial charge is 0.489 e. The molecule has 2 saturated heterocycles. The van der Waals surface area contributed by atoms with Crippen LogP contribution < -0.4 is 4.74 Å². The average Bonchev–Trinajstić information content (AvgIpc) is 3.21.